The second-order valence-electron chi connectivity index (χ2n) is 4.97. The van der Waals surface area contributed by atoms with Crippen molar-refractivity contribution in [3.8, 4) is 0 Å². The van der Waals surface area contributed by atoms with Gasteiger partial charge in [0.05, 0.1) is 0 Å². The molecule has 0 saturated heterocycles. The van der Waals surface area contributed by atoms with E-state index in [0.717, 1.165) is 23.1 Å². The van der Waals surface area contributed by atoms with Gasteiger partial charge in [-0.3, -0.25) is 15.1 Å². The maximum absolute atomic E-state index is 11.5. The van der Waals surface area contributed by atoms with Crippen molar-refractivity contribution in [3.05, 3.63) is 69.7 Å². The van der Waals surface area contributed by atoms with E-state index in [1.165, 1.54) is 5.56 Å². The van der Waals surface area contributed by atoms with Gasteiger partial charge in [-0.05, 0) is 42.4 Å². The maximum atomic E-state index is 11.5. The minimum Gasteiger partial charge on any atom is -0.298 e. The van der Waals surface area contributed by atoms with Crippen molar-refractivity contribution in [3.63, 3.8) is 0 Å². The smallest absolute Gasteiger partial charge is 0.265 e. The van der Waals surface area contributed by atoms with Crippen LogP contribution in [0.5, 0.6) is 0 Å². The van der Waals surface area contributed by atoms with Crippen LogP contribution in [0.3, 0.4) is 0 Å². The van der Waals surface area contributed by atoms with Crippen LogP contribution in [0.25, 0.3) is 0 Å². The van der Waals surface area contributed by atoms with E-state index in [0.29, 0.717) is 5.56 Å². The van der Waals surface area contributed by atoms with Crippen LogP contribution in [0.4, 0.5) is 0 Å². The van der Waals surface area contributed by atoms with Crippen LogP contribution >= 0.6 is 15.9 Å². The lowest BCUT2D eigenvalue weighted by Crippen LogP contribution is -2.30. The predicted octanol–water partition coefficient (Wildman–Crippen LogP) is 2.68. The fraction of sp³-hybridized carbons (Fsp3) is 0.188. The summed E-state index contributed by atoms with van der Waals surface area (Å²) in [5, 5.41) is 0. The summed E-state index contributed by atoms with van der Waals surface area (Å²) in [7, 11) is 2.05. The molecule has 110 valence electrons. The van der Waals surface area contributed by atoms with Crippen LogP contribution in [-0.4, -0.2) is 17.9 Å². The maximum Gasteiger partial charge on any atom is 0.265 e. The van der Waals surface area contributed by atoms with Crippen LogP contribution in [0.2, 0.25) is 0 Å². The van der Waals surface area contributed by atoms with Gasteiger partial charge in [0.25, 0.3) is 5.91 Å². The Kier molecular flexibility index (Phi) is 5.50. The first-order valence-electron chi connectivity index (χ1n) is 6.61. The number of hydrogen-bond donors (Lipinski definition) is 2. The number of halogens is 1. The Morgan fingerprint density at radius 2 is 1.81 bits per heavy atom. The van der Waals surface area contributed by atoms with Crippen molar-refractivity contribution in [2.75, 3.05) is 7.05 Å². The topological polar surface area (TPSA) is 58.4 Å². The molecule has 21 heavy (non-hydrogen) atoms. The first-order valence-corrected chi connectivity index (χ1v) is 7.40. The number of hydrogen-bond acceptors (Lipinski definition) is 3. The molecule has 0 aromatic heterocycles. The third-order valence-corrected chi connectivity index (χ3v) is 3.67. The summed E-state index contributed by atoms with van der Waals surface area (Å²) in [6.07, 6.45) is 0. The Labute approximate surface area is 133 Å². The lowest BCUT2D eigenvalue weighted by Gasteiger charge is -2.17. The first kappa shape index (κ1) is 15.7. The van der Waals surface area contributed by atoms with E-state index in [9.17, 15) is 4.79 Å². The molecule has 0 spiro atoms. The number of carbonyl (C=O) groups excluding carboxylic acids is 1. The molecule has 0 radical (unpaired) electrons. The van der Waals surface area contributed by atoms with E-state index in [1.807, 2.05) is 30.3 Å². The van der Waals surface area contributed by atoms with Crippen molar-refractivity contribution >= 4 is 21.8 Å². The van der Waals surface area contributed by atoms with E-state index in [2.05, 4.69) is 45.4 Å². The lowest BCUT2D eigenvalue weighted by molar-refractivity contribution is 0.0953. The zero-order valence-electron chi connectivity index (χ0n) is 11.8. The average Bonchev–Trinajstić information content (AvgIpc) is 2.49. The molecular formula is C16H18BrN3O. The standard InChI is InChI=1S/C16H18BrN3O/c1-20(10-12-5-7-15(17)8-6-12)11-13-3-2-4-14(9-13)16(21)19-18/h2-9H,10-11,18H2,1H3,(H,19,21). The number of amides is 1. The van der Waals surface area contributed by atoms with Crippen molar-refractivity contribution in [1.82, 2.24) is 10.3 Å². The van der Waals surface area contributed by atoms with Gasteiger partial charge in [-0.15, -0.1) is 0 Å². The number of nitrogens with one attached hydrogen (secondary N) is 1. The summed E-state index contributed by atoms with van der Waals surface area (Å²) in [4.78, 5) is 13.7. The summed E-state index contributed by atoms with van der Waals surface area (Å²) in [6, 6.07) is 15.8. The highest BCUT2D eigenvalue weighted by Crippen LogP contribution is 2.13. The molecule has 3 N–H and O–H groups in total. The normalized spacial score (nSPS) is 10.7. The third kappa shape index (κ3) is 4.67. The Morgan fingerprint density at radius 1 is 1.14 bits per heavy atom. The van der Waals surface area contributed by atoms with Crippen molar-refractivity contribution < 1.29 is 4.79 Å². The Hall–Kier alpha value is -1.69. The molecule has 0 fully saturated rings. The van der Waals surface area contributed by atoms with Gasteiger partial charge in [0.2, 0.25) is 0 Å². The van der Waals surface area contributed by atoms with E-state index in [4.69, 9.17) is 5.84 Å². The minimum absolute atomic E-state index is 0.271. The Bertz CT molecular complexity index is 613. The zero-order valence-corrected chi connectivity index (χ0v) is 13.4. The molecule has 0 heterocycles. The molecule has 4 nitrogen and oxygen atoms in total. The molecule has 0 aliphatic carbocycles. The summed E-state index contributed by atoms with van der Waals surface area (Å²) in [6.45, 7) is 1.61. The van der Waals surface area contributed by atoms with Crippen LogP contribution in [0, 0.1) is 0 Å². The number of nitrogens with zero attached hydrogens (tertiary/aromatic N) is 1. The Morgan fingerprint density at radius 3 is 2.48 bits per heavy atom. The molecule has 0 bridgehead atoms. The fourth-order valence-corrected chi connectivity index (χ4v) is 2.43. The highest BCUT2D eigenvalue weighted by atomic mass is 79.9. The monoisotopic (exact) mass is 347 g/mol. The van der Waals surface area contributed by atoms with Gasteiger partial charge in [-0.25, -0.2) is 5.84 Å². The molecule has 2 aromatic carbocycles. The van der Waals surface area contributed by atoms with Crippen molar-refractivity contribution in [2.45, 2.75) is 13.1 Å². The lowest BCUT2D eigenvalue weighted by atomic mass is 10.1. The van der Waals surface area contributed by atoms with E-state index < -0.39 is 0 Å². The minimum atomic E-state index is -0.271. The molecule has 0 saturated carbocycles. The van der Waals surface area contributed by atoms with Crippen molar-refractivity contribution in [1.29, 1.82) is 0 Å². The molecule has 0 aliphatic heterocycles. The molecule has 2 aromatic rings. The van der Waals surface area contributed by atoms with Gasteiger partial charge in [-0.1, -0.05) is 40.2 Å². The highest BCUT2D eigenvalue weighted by molar-refractivity contribution is 9.10. The molecule has 0 aliphatic rings. The Balaban J connectivity index is 2.00. The highest BCUT2D eigenvalue weighted by Gasteiger charge is 2.06. The van der Waals surface area contributed by atoms with Crippen LogP contribution < -0.4 is 11.3 Å². The van der Waals surface area contributed by atoms with Gasteiger partial charge in [0.1, 0.15) is 0 Å². The van der Waals surface area contributed by atoms with Gasteiger partial charge >= 0.3 is 0 Å². The zero-order chi connectivity index (χ0) is 15.2. The molecule has 1 amide bonds. The summed E-state index contributed by atoms with van der Waals surface area (Å²) >= 11 is 3.43. The molecule has 0 atom stereocenters. The second-order valence-corrected chi connectivity index (χ2v) is 5.89. The van der Waals surface area contributed by atoms with Crippen LogP contribution in [0.15, 0.2) is 53.0 Å². The average molecular weight is 348 g/mol. The number of rotatable bonds is 5. The number of hydrazine groups is 1. The van der Waals surface area contributed by atoms with Gasteiger partial charge in [0.15, 0.2) is 0 Å². The van der Waals surface area contributed by atoms with E-state index >= 15 is 0 Å². The SMILES string of the molecule is CN(Cc1ccc(Br)cc1)Cc1cccc(C(=O)NN)c1. The van der Waals surface area contributed by atoms with E-state index in [1.54, 1.807) is 6.07 Å². The van der Waals surface area contributed by atoms with Crippen molar-refractivity contribution in [2.24, 2.45) is 5.84 Å². The quantitative estimate of drug-likeness (QED) is 0.496. The molecule has 5 heteroatoms. The number of carbonyl (C=O) groups is 1. The van der Waals surface area contributed by atoms with Gasteiger partial charge in [-0.2, -0.15) is 0 Å². The summed E-state index contributed by atoms with van der Waals surface area (Å²) < 4.78 is 1.08. The first-order chi connectivity index (χ1) is 10.1. The summed E-state index contributed by atoms with van der Waals surface area (Å²) in [5.74, 6) is 4.89. The van der Waals surface area contributed by atoms with E-state index in [-0.39, 0.29) is 5.91 Å². The fourth-order valence-electron chi connectivity index (χ4n) is 2.16. The number of nitrogen functional groups attached to an aromatic ring is 1. The van der Waals surface area contributed by atoms with Gasteiger partial charge in [0, 0.05) is 23.1 Å². The molecule has 0 unspecified atom stereocenters. The molecular weight excluding hydrogens is 330 g/mol. The second kappa shape index (κ2) is 7.36. The van der Waals surface area contributed by atoms with Crippen LogP contribution in [-0.2, 0) is 13.1 Å². The third-order valence-electron chi connectivity index (χ3n) is 3.14. The summed E-state index contributed by atoms with van der Waals surface area (Å²) in [5.41, 5.74) is 5.05. The number of benzene rings is 2. The largest absolute Gasteiger partial charge is 0.298 e. The molecule has 2 rings (SSSR count). The van der Waals surface area contributed by atoms with Crippen LogP contribution in [0.1, 0.15) is 21.5 Å². The predicted molar refractivity (Wildman–Crippen MR) is 87.4 cm³/mol. The van der Waals surface area contributed by atoms with Gasteiger partial charge < -0.3 is 0 Å². The number of nitrogens with two attached hydrogens (primary N) is 1.